The van der Waals surface area contributed by atoms with Gasteiger partial charge in [-0.3, -0.25) is 9.58 Å². The van der Waals surface area contributed by atoms with Crippen LogP contribution in [0.2, 0.25) is 10.0 Å². The van der Waals surface area contributed by atoms with E-state index < -0.39 is 6.03 Å². The molecular weight excluding hydrogens is 595 g/mol. The number of amides is 2. The number of hydrogen-bond acceptors (Lipinski definition) is 5. The molecule has 0 atom stereocenters. The van der Waals surface area contributed by atoms with E-state index in [0.717, 1.165) is 97.3 Å². The quantitative estimate of drug-likeness (QED) is 0.352. The third kappa shape index (κ3) is 7.42. The highest BCUT2D eigenvalue weighted by Crippen LogP contribution is 2.32. The highest BCUT2D eigenvalue weighted by Gasteiger charge is 2.27. The first kappa shape index (κ1) is 30.9. The zero-order chi connectivity index (χ0) is 30.5. The highest BCUT2D eigenvalue weighted by atomic mass is 35.5. The molecule has 0 bridgehead atoms. The Morgan fingerprint density at radius 3 is 2.50 bits per heavy atom. The summed E-state index contributed by atoms with van der Waals surface area (Å²) in [6, 6.07) is 11.4. The van der Waals surface area contributed by atoms with Gasteiger partial charge in [-0.25, -0.2) is 4.79 Å². The number of primary amides is 1. The Morgan fingerprint density at radius 2 is 1.70 bits per heavy atom. The summed E-state index contributed by atoms with van der Waals surface area (Å²) in [6.07, 6.45) is 5.70. The molecule has 232 valence electrons. The Balaban J connectivity index is 1.25. The number of carbonyl (C=O) groups excluding carboxylic acids is 1. The van der Waals surface area contributed by atoms with Crippen LogP contribution in [0.1, 0.15) is 53.6 Å². The van der Waals surface area contributed by atoms with Gasteiger partial charge in [0, 0.05) is 72.1 Å². The third-order valence-electron chi connectivity index (χ3n) is 8.86. The average molecular weight is 636 g/mol. The molecule has 0 unspecified atom stereocenters. The third-order valence-corrected chi connectivity index (χ3v) is 9.56. The molecule has 3 aliphatic rings. The normalized spacial score (nSPS) is 17.6. The van der Waals surface area contributed by atoms with Gasteiger partial charge in [-0.2, -0.15) is 5.10 Å². The smallest absolute Gasteiger partial charge is 0.315 e. The van der Waals surface area contributed by atoms with Crippen molar-refractivity contribution in [3.63, 3.8) is 0 Å². The number of fused-ring (bicyclic) bond motifs is 1. The van der Waals surface area contributed by atoms with Gasteiger partial charge in [0.15, 0.2) is 0 Å². The number of hydrogen-bond donors (Lipinski definition) is 1. The van der Waals surface area contributed by atoms with Crippen LogP contribution < -0.4 is 5.73 Å². The van der Waals surface area contributed by atoms with Gasteiger partial charge in [-0.15, -0.1) is 0 Å². The Labute approximate surface area is 270 Å². The van der Waals surface area contributed by atoms with Crippen LogP contribution >= 0.6 is 23.2 Å². The maximum Gasteiger partial charge on any atom is 0.315 e. The van der Waals surface area contributed by atoms with E-state index in [1.807, 2.05) is 30.3 Å². The molecular formula is C34H40Cl2N6O2. The fourth-order valence-electron chi connectivity index (χ4n) is 6.40. The van der Waals surface area contributed by atoms with E-state index in [2.05, 4.69) is 32.4 Å². The number of likely N-dealkylation sites (tertiary alicyclic amines) is 1. The van der Waals surface area contributed by atoms with Gasteiger partial charge < -0.3 is 20.3 Å². The van der Waals surface area contributed by atoms with Crippen molar-refractivity contribution in [2.24, 2.45) is 5.73 Å². The number of urea groups is 1. The van der Waals surface area contributed by atoms with Crippen molar-refractivity contribution in [3.8, 4) is 23.1 Å². The number of piperidine rings is 1. The summed E-state index contributed by atoms with van der Waals surface area (Å²) < 4.78 is 7.63. The minimum Gasteiger partial charge on any atom is -0.379 e. The Bertz CT molecular complexity index is 1550. The number of ether oxygens (including phenoxy) is 1. The van der Waals surface area contributed by atoms with E-state index in [1.54, 1.807) is 4.90 Å². The zero-order valence-electron chi connectivity index (χ0n) is 25.2. The molecule has 44 heavy (non-hydrogen) atoms. The van der Waals surface area contributed by atoms with E-state index in [-0.39, 0.29) is 0 Å². The van der Waals surface area contributed by atoms with Crippen LogP contribution in [0.4, 0.5) is 4.79 Å². The molecule has 0 saturated carbocycles. The summed E-state index contributed by atoms with van der Waals surface area (Å²) in [5.41, 5.74) is 12.4. The number of morpholine rings is 1. The number of aryl methyl sites for hydroxylation is 1. The lowest BCUT2D eigenvalue weighted by Crippen LogP contribution is -2.39. The van der Waals surface area contributed by atoms with Gasteiger partial charge in [0.25, 0.3) is 0 Å². The summed E-state index contributed by atoms with van der Waals surface area (Å²) in [7, 11) is 0. The van der Waals surface area contributed by atoms with Crippen LogP contribution in [0, 0.1) is 11.8 Å². The first-order valence-electron chi connectivity index (χ1n) is 15.7. The van der Waals surface area contributed by atoms with E-state index in [0.29, 0.717) is 18.1 Å². The highest BCUT2D eigenvalue weighted by molar-refractivity contribution is 6.32. The van der Waals surface area contributed by atoms with Gasteiger partial charge in [0.1, 0.15) is 0 Å². The maximum absolute atomic E-state index is 12.1. The number of rotatable bonds is 7. The first-order chi connectivity index (χ1) is 21.4. The second-order valence-corrected chi connectivity index (χ2v) is 12.7. The van der Waals surface area contributed by atoms with Crippen LogP contribution in [-0.4, -0.2) is 83.0 Å². The van der Waals surface area contributed by atoms with Crippen LogP contribution in [0.15, 0.2) is 36.4 Å². The molecule has 2 saturated heterocycles. The molecule has 0 aliphatic carbocycles. The number of carbonyl (C=O) groups is 1. The van der Waals surface area contributed by atoms with Gasteiger partial charge >= 0.3 is 6.03 Å². The maximum atomic E-state index is 12.1. The number of nitrogens with zero attached hydrogens (tertiary/aromatic N) is 5. The molecule has 6 rings (SSSR count). The first-order valence-corrected chi connectivity index (χ1v) is 16.5. The molecule has 3 aromatic rings. The molecule has 8 nitrogen and oxygen atoms in total. The van der Waals surface area contributed by atoms with Crippen LogP contribution in [0.5, 0.6) is 0 Å². The van der Waals surface area contributed by atoms with Crippen LogP contribution in [-0.2, 0) is 30.8 Å². The van der Waals surface area contributed by atoms with Crippen LogP contribution in [0.3, 0.4) is 0 Å². The topological polar surface area (TPSA) is 79.9 Å². The van der Waals surface area contributed by atoms with E-state index in [9.17, 15) is 4.79 Å². The predicted molar refractivity (Wildman–Crippen MR) is 175 cm³/mol. The van der Waals surface area contributed by atoms with Gasteiger partial charge in [0.2, 0.25) is 0 Å². The monoisotopic (exact) mass is 634 g/mol. The second kappa shape index (κ2) is 14.4. The molecule has 2 N–H and O–H groups in total. The largest absolute Gasteiger partial charge is 0.379 e. The predicted octanol–water partition coefficient (Wildman–Crippen LogP) is 5.40. The van der Waals surface area contributed by atoms with Crippen molar-refractivity contribution in [2.75, 3.05) is 52.5 Å². The number of benzene rings is 2. The minimum atomic E-state index is -0.405. The van der Waals surface area contributed by atoms with Crippen molar-refractivity contribution in [1.29, 1.82) is 0 Å². The summed E-state index contributed by atoms with van der Waals surface area (Å²) in [6.45, 7) is 9.40. The second-order valence-electron chi connectivity index (χ2n) is 11.9. The molecule has 0 spiro atoms. The Morgan fingerprint density at radius 1 is 0.909 bits per heavy atom. The van der Waals surface area contributed by atoms with Crippen molar-refractivity contribution in [1.82, 2.24) is 24.5 Å². The van der Waals surface area contributed by atoms with Crippen LogP contribution in [0.25, 0.3) is 11.3 Å². The number of nitrogens with two attached hydrogens (primary N) is 1. The Kier molecular flexibility index (Phi) is 10.1. The summed E-state index contributed by atoms with van der Waals surface area (Å²) >= 11 is 13.2. The number of halogens is 2. The standard InChI is InChI=1S/C34H40Cl2N6O2/c35-30-10-8-27(22-26(30)7-5-25-6-9-31(36)28(21-25)23-40-17-19-44-20-18-40)33-29-24-41(34(37)43)16-11-32(29)42(38-33)15-4-14-39-12-2-1-3-13-39/h6,8-10,21-22H,1-4,11-20,23-24H2,(H2,37,43). The van der Waals surface area contributed by atoms with Crippen molar-refractivity contribution in [2.45, 2.75) is 51.7 Å². The van der Waals surface area contributed by atoms with E-state index >= 15 is 0 Å². The molecule has 10 heteroatoms. The zero-order valence-corrected chi connectivity index (χ0v) is 26.7. The minimum absolute atomic E-state index is 0.405. The lowest BCUT2D eigenvalue weighted by molar-refractivity contribution is 0.0342. The Hall–Kier alpha value is -3.06. The lowest BCUT2D eigenvalue weighted by Gasteiger charge is -2.27. The molecule has 3 aliphatic heterocycles. The van der Waals surface area contributed by atoms with Crippen molar-refractivity contribution < 1.29 is 9.53 Å². The van der Waals surface area contributed by atoms with Gasteiger partial charge in [-0.05, 0) is 74.8 Å². The lowest BCUT2D eigenvalue weighted by atomic mass is 9.99. The number of aromatic nitrogens is 2. The SMILES string of the molecule is NC(=O)N1CCc2c(c(-c3ccc(Cl)c(C#Cc4ccc(Cl)c(CN5CCOCC5)c4)c3)nn2CCCN2CCCCC2)C1. The fraction of sp³-hybridized carbons (Fsp3) is 0.471. The van der Waals surface area contributed by atoms with Crippen molar-refractivity contribution >= 4 is 29.2 Å². The molecule has 2 fully saturated rings. The summed E-state index contributed by atoms with van der Waals surface area (Å²) in [4.78, 5) is 18.7. The molecule has 0 radical (unpaired) electrons. The van der Waals surface area contributed by atoms with E-state index in [1.165, 1.54) is 38.0 Å². The molecule has 4 heterocycles. The molecule has 2 aromatic carbocycles. The van der Waals surface area contributed by atoms with E-state index in [4.69, 9.17) is 38.8 Å². The summed E-state index contributed by atoms with van der Waals surface area (Å²) in [5, 5.41) is 6.42. The van der Waals surface area contributed by atoms with Gasteiger partial charge in [-0.1, -0.05) is 47.5 Å². The molecule has 1 aromatic heterocycles. The van der Waals surface area contributed by atoms with Gasteiger partial charge in [0.05, 0.1) is 30.5 Å². The molecule has 2 amide bonds. The van der Waals surface area contributed by atoms with Crippen molar-refractivity contribution in [3.05, 3.63) is 74.4 Å². The fourth-order valence-corrected chi connectivity index (χ4v) is 6.75. The summed E-state index contributed by atoms with van der Waals surface area (Å²) in [5.74, 6) is 6.59. The average Bonchev–Trinajstić information content (AvgIpc) is 3.41.